The Labute approximate surface area is 131 Å². The smallest absolute Gasteiger partial charge is 0.317 e. The Bertz CT molecular complexity index is 343. The van der Waals surface area contributed by atoms with Crippen molar-refractivity contribution >= 4 is 12.0 Å². The van der Waals surface area contributed by atoms with Crippen molar-refractivity contribution in [3.8, 4) is 0 Å². The summed E-state index contributed by atoms with van der Waals surface area (Å²) in [6.07, 6.45) is 3.56. The predicted octanol–water partition coefficient (Wildman–Crippen LogP) is 1.32. The summed E-state index contributed by atoms with van der Waals surface area (Å²) in [4.78, 5) is 24.5. The number of hydrogen-bond acceptors (Lipinski definition) is 4. The van der Waals surface area contributed by atoms with Crippen LogP contribution >= 0.6 is 0 Å². The van der Waals surface area contributed by atoms with Gasteiger partial charge in [0.2, 0.25) is 0 Å². The molecule has 0 atom stereocenters. The van der Waals surface area contributed by atoms with E-state index >= 15 is 0 Å². The maximum absolute atomic E-state index is 12.0. The molecule has 0 saturated heterocycles. The molecule has 128 valence electrons. The highest BCUT2D eigenvalue weighted by atomic mass is 16.5. The van der Waals surface area contributed by atoms with E-state index in [0.717, 1.165) is 19.3 Å². The minimum absolute atomic E-state index is 0.0770. The first-order chi connectivity index (χ1) is 10.5. The first-order valence-electron chi connectivity index (χ1n) is 7.85. The van der Waals surface area contributed by atoms with Crippen molar-refractivity contribution in [1.29, 1.82) is 0 Å². The molecule has 0 radical (unpaired) electrons. The zero-order valence-corrected chi connectivity index (χ0v) is 13.5. The summed E-state index contributed by atoms with van der Waals surface area (Å²) in [6, 6.07) is -0.0487. The maximum atomic E-state index is 12.0. The maximum Gasteiger partial charge on any atom is 0.317 e. The minimum Gasteiger partial charge on any atom is -0.481 e. The number of likely N-dealkylation sites (N-methyl/N-ethyl adjacent to an activating group) is 1. The quantitative estimate of drug-likeness (QED) is 0.626. The average Bonchev–Trinajstić information content (AvgIpc) is 2.51. The molecule has 1 rings (SSSR count). The number of aliphatic carboxylic acids is 1. The van der Waals surface area contributed by atoms with Gasteiger partial charge in [-0.3, -0.25) is 4.79 Å². The Morgan fingerprint density at radius 1 is 1.18 bits per heavy atom. The molecule has 0 unspecified atom stereocenters. The molecule has 0 heterocycles. The number of amides is 2. The van der Waals surface area contributed by atoms with Crippen LogP contribution in [0, 0.1) is 5.92 Å². The van der Waals surface area contributed by atoms with Crippen LogP contribution in [0.3, 0.4) is 0 Å². The van der Waals surface area contributed by atoms with Crippen molar-refractivity contribution < 1.29 is 24.2 Å². The molecule has 1 fully saturated rings. The van der Waals surface area contributed by atoms with Crippen molar-refractivity contribution in [3.05, 3.63) is 0 Å². The Hall–Kier alpha value is -1.34. The number of carbonyl (C=O) groups is 2. The highest BCUT2D eigenvalue weighted by molar-refractivity contribution is 5.74. The van der Waals surface area contributed by atoms with Crippen LogP contribution in [0.25, 0.3) is 0 Å². The first kappa shape index (κ1) is 18.7. The third-order valence-electron chi connectivity index (χ3n) is 3.96. The number of nitrogens with zero attached hydrogens (tertiary/aromatic N) is 1. The number of hydrogen-bond donors (Lipinski definition) is 2. The minimum atomic E-state index is -0.729. The molecule has 7 nitrogen and oxygen atoms in total. The second-order valence-electron chi connectivity index (χ2n) is 5.72. The van der Waals surface area contributed by atoms with E-state index in [1.54, 1.807) is 19.1 Å². The van der Waals surface area contributed by atoms with Crippen molar-refractivity contribution in [2.75, 3.05) is 40.5 Å². The van der Waals surface area contributed by atoms with Gasteiger partial charge in [-0.1, -0.05) is 0 Å². The fourth-order valence-corrected chi connectivity index (χ4v) is 2.48. The number of ether oxygens (including phenoxy) is 2. The molecule has 0 aromatic rings. The Balaban J connectivity index is 2.12. The van der Waals surface area contributed by atoms with Gasteiger partial charge in [-0.15, -0.1) is 0 Å². The average molecular weight is 316 g/mol. The fraction of sp³-hybridized carbons (Fsp3) is 0.867. The first-order valence-corrected chi connectivity index (χ1v) is 7.85. The molecule has 0 spiro atoms. The lowest BCUT2D eigenvalue weighted by atomic mass is 9.86. The zero-order valence-electron chi connectivity index (χ0n) is 13.5. The normalized spacial score (nSPS) is 21.4. The third kappa shape index (κ3) is 7.09. The summed E-state index contributed by atoms with van der Waals surface area (Å²) in [6.45, 7) is 2.33. The van der Waals surface area contributed by atoms with Crippen LogP contribution < -0.4 is 5.32 Å². The number of methoxy groups -OCH3 is 1. The van der Waals surface area contributed by atoms with Crippen LogP contribution in [0.5, 0.6) is 0 Å². The number of nitrogens with one attached hydrogen (secondary N) is 1. The molecule has 1 aliphatic carbocycles. The van der Waals surface area contributed by atoms with E-state index < -0.39 is 5.97 Å². The topological polar surface area (TPSA) is 88.1 Å². The van der Waals surface area contributed by atoms with Gasteiger partial charge in [-0.25, -0.2) is 4.79 Å². The molecule has 0 aromatic heterocycles. The van der Waals surface area contributed by atoms with Gasteiger partial charge in [-0.05, 0) is 32.1 Å². The molecular weight excluding hydrogens is 288 g/mol. The van der Waals surface area contributed by atoms with Gasteiger partial charge in [0.1, 0.15) is 0 Å². The zero-order chi connectivity index (χ0) is 16.4. The van der Waals surface area contributed by atoms with Gasteiger partial charge in [0, 0.05) is 40.0 Å². The van der Waals surface area contributed by atoms with Gasteiger partial charge in [0.05, 0.1) is 12.5 Å². The van der Waals surface area contributed by atoms with E-state index in [2.05, 4.69) is 5.32 Å². The number of carboxylic acid groups (broad SMARTS) is 1. The van der Waals surface area contributed by atoms with Crippen LogP contribution in [0.4, 0.5) is 4.79 Å². The van der Waals surface area contributed by atoms with E-state index in [4.69, 9.17) is 14.6 Å². The molecule has 0 aromatic carbocycles. The third-order valence-corrected chi connectivity index (χ3v) is 3.96. The van der Waals surface area contributed by atoms with E-state index in [9.17, 15) is 9.59 Å². The van der Waals surface area contributed by atoms with Crippen molar-refractivity contribution in [1.82, 2.24) is 10.2 Å². The van der Waals surface area contributed by atoms with E-state index in [1.165, 1.54) is 0 Å². The highest BCUT2D eigenvalue weighted by Gasteiger charge is 2.27. The molecule has 22 heavy (non-hydrogen) atoms. The predicted molar refractivity (Wildman–Crippen MR) is 81.9 cm³/mol. The summed E-state index contributed by atoms with van der Waals surface area (Å²) in [5.74, 6) is -0.987. The van der Waals surface area contributed by atoms with Gasteiger partial charge < -0.3 is 24.8 Å². The van der Waals surface area contributed by atoms with E-state index in [-0.39, 0.29) is 18.0 Å². The summed E-state index contributed by atoms with van der Waals surface area (Å²) in [7, 11) is 3.39. The van der Waals surface area contributed by atoms with Gasteiger partial charge in [0.25, 0.3) is 0 Å². The van der Waals surface area contributed by atoms with Crippen LogP contribution in [-0.2, 0) is 14.3 Å². The SMILES string of the molecule is COCCCOCCN(C)C(=O)NC1CCC(C(=O)O)CC1. The molecular formula is C15H28N2O5. The molecule has 0 aliphatic heterocycles. The summed E-state index contributed by atoms with van der Waals surface area (Å²) in [5, 5.41) is 11.9. The Morgan fingerprint density at radius 3 is 2.45 bits per heavy atom. The van der Waals surface area contributed by atoms with Crippen molar-refractivity contribution in [2.24, 2.45) is 5.92 Å². The molecule has 7 heteroatoms. The van der Waals surface area contributed by atoms with Crippen LogP contribution in [0.15, 0.2) is 0 Å². The molecule has 2 N–H and O–H groups in total. The highest BCUT2D eigenvalue weighted by Crippen LogP contribution is 2.24. The lowest BCUT2D eigenvalue weighted by Crippen LogP contribution is -2.45. The second kappa shape index (κ2) is 10.4. The molecule has 0 bridgehead atoms. The monoisotopic (exact) mass is 316 g/mol. The van der Waals surface area contributed by atoms with Crippen molar-refractivity contribution in [3.63, 3.8) is 0 Å². The number of carboxylic acids is 1. The van der Waals surface area contributed by atoms with Gasteiger partial charge in [-0.2, -0.15) is 0 Å². The van der Waals surface area contributed by atoms with Crippen LogP contribution in [-0.4, -0.2) is 68.6 Å². The second-order valence-corrected chi connectivity index (χ2v) is 5.72. The number of urea groups is 1. The van der Waals surface area contributed by atoms with Crippen LogP contribution in [0.2, 0.25) is 0 Å². The summed E-state index contributed by atoms with van der Waals surface area (Å²) >= 11 is 0. The molecule has 1 saturated carbocycles. The van der Waals surface area contributed by atoms with Gasteiger partial charge in [0.15, 0.2) is 0 Å². The summed E-state index contributed by atoms with van der Waals surface area (Å²) < 4.78 is 10.3. The number of carbonyl (C=O) groups excluding carboxylic acids is 1. The van der Waals surface area contributed by atoms with E-state index in [1.807, 2.05) is 0 Å². The lowest BCUT2D eigenvalue weighted by Gasteiger charge is -2.28. The molecule has 1 aliphatic rings. The number of rotatable bonds is 9. The largest absolute Gasteiger partial charge is 0.481 e. The van der Waals surface area contributed by atoms with E-state index in [0.29, 0.717) is 39.2 Å². The van der Waals surface area contributed by atoms with Gasteiger partial charge >= 0.3 is 12.0 Å². The summed E-state index contributed by atoms with van der Waals surface area (Å²) in [5.41, 5.74) is 0. The van der Waals surface area contributed by atoms with Crippen molar-refractivity contribution in [2.45, 2.75) is 38.1 Å². The Kier molecular flexibility index (Phi) is 8.84. The standard InChI is InChI=1S/C15H28N2O5/c1-17(8-11-22-10-3-9-21-2)15(20)16-13-6-4-12(5-7-13)14(18)19/h12-13H,3-11H2,1-2H3,(H,16,20)(H,18,19). The van der Waals surface area contributed by atoms with Crippen LogP contribution in [0.1, 0.15) is 32.1 Å². The molecule has 2 amide bonds. The Morgan fingerprint density at radius 2 is 1.86 bits per heavy atom. The lowest BCUT2D eigenvalue weighted by molar-refractivity contribution is -0.142. The fourth-order valence-electron chi connectivity index (χ4n) is 2.48.